The third-order valence-corrected chi connectivity index (χ3v) is 2.48. The van der Waals surface area contributed by atoms with Gasteiger partial charge in [0.15, 0.2) is 0 Å². The molecule has 5 nitrogen and oxygen atoms in total. The van der Waals surface area contributed by atoms with E-state index in [0.717, 1.165) is 24.3 Å². The van der Waals surface area contributed by atoms with Crippen LogP contribution in [0.5, 0.6) is 0 Å². The number of halogens is 3. The minimum atomic E-state index is -4.45. The molecular formula is C12H13F3N2O3. The number of carboxylic acids is 1. The first-order valence-corrected chi connectivity index (χ1v) is 5.71. The van der Waals surface area contributed by atoms with E-state index >= 15 is 0 Å². The second kappa shape index (κ2) is 6.27. The Balaban J connectivity index is 2.65. The van der Waals surface area contributed by atoms with Crippen molar-refractivity contribution in [2.24, 2.45) is 0 Å². The van der Waals surface area contributed by atoms with Gasteiger partial charge in [-0.1, -0.05) is 6.92 Å². The summed E-state index contributed by atoms with van der Waals surface area (Å²) in [7, 11) is 0. The molecule has 1 atom stereocenters. The number of carbonyl (C=O) groups is 2. The number of urea groups is 1. The zero-order chi connectivity index (χ0) is 15.3. The van der Waals surface area contributed by atoms with E-state index in [4.69, 9.17) is 5.11 Å². The Kier molecular flexibility index (Phi) is 4.95. The number of carboxylic acid groups (broad SMARTS) is 1. The average molecular weight is 290 g/mol. The van der Waals surface area contributed by atoms with Gasteiger partial charge in [-0.05, 0) is 30.7 Å². The molecule has 0 heterocycles. The summed E-state index contributed by atoms with van der Waals surface area (Å²) in [6, 6.07) is 1.98. The van der Waals surface area contributed by atoms with E-state index in [9.17, 15) is 22.8 Å². The van der Waals surface area contributed by atoms with Gasteiger partial charge in [0.05, 0.1) is 5.56 Å². The lowest BCUT2D eigenvalue weighted by molar-refractivity contribution is -0.139. The summed E-state index contributed by atoms with van der Waals surface area (Å²) in [6.07, 6.45) is -4.26. The van der Waals surface area contributed by atoms with Crippen molar-refractivity contribution in [1.29, 1.82) is 0 Å². The van der Waals surface area contributed by atoms with Crippen LogP contribution in [-0.2, 0) is 11.0 Å². The van der Waals surface area contributed by atoms with E-state index in [2.05, 4.69) is 10.6 Å². The predicted octanol–water partition coefficient (Wildman–Crippen LogP) is 2.69. The van der Waals surface area contributed by atoms with E-state index in [0.29, 0.717) is 0 Å². The minimum absolute atomic E-state index is 0.135. The molecule has 1 rings (SSSR count). The molecular weight excluding hydrogens is 277 g/mol. The van der Waals surface area contributed by atoms with E-state index < -0.39 is 29.8 Å². The normalized spacial score (nSPS) is 12.6. The summed E-state index contributed by atoms with van der Waals surface area (Å²) < 4.78 is 37.0. The van der Waals surface area contributed by atoms with Crippen LogP contribution in [0.3, 0.4) is 0 Å². The van der Waals surface area contributed by atoms with Gasteiger partial charge >= 0.3 is 18.2 Å². The Morgan fingerprint density at radius 2 is 1.80 bits per heavy atom. The first-order valence-electron chi connectivity index (χ1n) is 5.71. The third-order valence-electron chi connectivity index (χ3n) is 2.48. The van der Waals surface area contributed by atoms with Gasteiger partial charge in [-0.25, -0.2) is 9.59 Å². The molecule has 0 saturated carbocycles. The van der Waals surface area contributed by atoms with Crippen molar-refractivity contribution in [3.8, 4) is 0 Å². The molecule has 8 heteroatoms. The van der Waals surface area contributed by atoms with Gasteiger partial charge in [-0.15, -0.1) is 0 Å². The number of carbonyl (C=O) groups excluding carboxylic acids is 1. The number of hydrogen-bond acceptors (Lipinski definition) is 2. The SMILES string of the molecule is CC[C@@H](NC(=O)Nc1ccc(C(F)(F)F)cc1)C(=O)O. The van der Waals surface area contributed by atoms with Crippen LogP contribution in [0.2, 0.25) is 0 Å². The van der Waals surface area contributed by atoms with Crippen LogP contribution in [-0.4, -0.2) is 23.1 Å². The Morgan fingerprint density at radius 1 is 1.25 bits per heavy atom. The lowest BCUT2D eigenvalue weighted by Gasteiger charge is -2.13. The van der Waals surface area contributed by atoms with Gasteiger partial charge < -0.3 is 15.7 Å². The summed E-state index contributed by atoms with van der Waals surface area (Å²) in [5.41, 5.74) is -0.698. The van der Waals surface area contributed by atoms with Crippen molar-refractivity contribution in [1.82, 2.24) is 5.32 Å². The van der Waals surface area contributed by atoms with Gasteiger partial charge in [-0.3, -0.25) is 0 Å². The standard InChI is InChI=1S/C12H13F3N2O3/c1-2-9(10(18)19)17-11(20)16-8-5-3-7(4-6-8)12(13,14)15/h3-6,9H,2H2,1H3,(H,18,19)(H2,16,17,20)/t9-/m1/s1. The second-order valence-electron chi connectivity index (χ2n) is 3.97. The monoisotopic (exact) mass is 290 g/mol. The zero-order valence-corrected chi connectivity index (χ0v) is 10.5. The van der Waals surface area contributed by atoms with Gasteiger partial charge in [-0.2, -0.15) is 13.2 Å². The van der Waals surface area contributed by atoms with Crippen LogP contribution >= 0.6 is 0 Å². The predicted molar refractivity (Wildman–Crippen MR) is 65.3 cm³/mol. The van der Waals surface area contributed by atoms with Crippen molar-refractivity contribution >= 4 is 17.7 Å². The molecule has 0 aromatic heterocycles. The molecule has 1 aromatic carbocycles. The summed E-state index contributed by atoms with van der Waals surface area (Å²) in [5, 5.41) is 13.2. The molecule has 3 N–H and O–H groups in total. The molecule has 0 aliphatic carbocycles. The summed E-state index contributed by atoms with van der Waals surface area (Å²) in [5.74, 6) is -1.19. The van der Waals surface area contributed by atoms with Crippen LogP contribution in [0, 0.1) is 0 Å². The minimum Gasteiger partial charge on any atom is -0.480 e. The summed E-state index contributed by atoms with van der Waals surface area (Å²) >= 11 is 0. The molecule has 0 aliphatic heterocycles. The molecule has 0 unspecified atom stereocenters. The Morgan fingerprint density at radius 3 is 2.20 bits per heavy atom. The van der Waals surface area contributed by atoms with E-state index in [1.54, 1.807) is 6.92 Å². The van der Waals surface area contributed by atoms with Gasteiger partial charge in [0.25, 0.3) is 0 Å². The second-order valence-corrected chi connectivity index (χ2v) is 3.97. The molecule has 0 spiro atoms. The molecule has 20 heavy (non-hydrogen) atoms. The maximum Gasteiger partial charge on any atom is 0.416 e. The number of anilines is 1. The maximum absolute atomic E-state index is 12.3. The number of aliphatic carboxylic acids is 1. The number of alkyl halides is 3. The summed E-state index contributed by atoms with van der Waals surface area (Å²) in [4.78, 5) is 22.2. The Labute approximate surface area is 112 Å². The fraction of sp³-hybridized carbons (Fsp3) is 0.333. The maximum atomic E-state index is 12.3. The molecule has 0 aliphatic rings. The summed E-state index contributed by atoms with van der Waals surface area (Å²) in [6.45, 7) is 1.58. The highest BCUT2D eigenvalue weighted by Crippen LogP contribution is 2.29. The topological polar surface area (TPSA) is 78.4 Å². The van der Waals surface area contributed by atoms with Crippen LogP contribution in [0.1, 0.15) is 18.9 Å². The van der Waals surface area contributed by atoms with Gasteiger partial charge in [0, 0.05) is 5.69 Å². The molecule has 0 fully saturated rings. The smallest absolute Gasteiger partial charge is 0.416 e. The number of rotatable bonds is 4. The van der Waals surface area contributed by atoms with Crippen molar-refractivity contribution in [2.75, 3.05) is 5.32 Å². The van der Waals surface area contributed by atoms with Crippen LogP contribution < -0.4 is 10.6 Å². The fourth-order valence-corrected chi connectivity index (χ4v) is 1.41. The van der Waals surface area contributed by atoms with Crippen LogP contribution in [0.15, 0.2) is 24.3 Å². The average Bonchev–Trinajstić information content (AvgIpc) is 2.35. The van der Waals surface area contributed by atoms with Crippen molar-refractivity contribution in [3.63, 3.8) is 0 Å². The molecule has 0 radical (unpaired) electrons. The van der Waals surface area contributed by atoms with Crippen molar-refractivity contribution < 1.29 is 27.9 Å². The first kappa shape index (κ1) is 15.8. The molecule has 0 bridgehead atoms. The van der Waals surface area contributed by atoms with Gasteiger partial charge in [0.2, 0.25) is 0 Å². The number of hydrogen-bond donors (Lipinski definition) is 3. The highest BCUT2D eigenvalue weighted by Gasteiger charge is 2.30. The fourth-order valence-electron chi connectivity index (χ4n) is 1.41. The van der Waals surface area contributed by atoms with E-state index in [1.807, 2.05) is 0 Å². The molecule has 110 valence electrons. The van der Waals surface area contributed by atoms with Gasteiger partial charge in [0.1, 0.15) is 6.04 Å². The first-order chi connectivity index (χ1) is 9.24. The highest BCUT2D eigenvalue weighted by molar-refractivity contribution is 5.92. The number of nitrogens with one attached hydrogen (secondary N) is 2. The van der Waals surface area contributed by atoms with Crippen LogP contribution in [0.25, 0.3) is 0 Å². The molecule has 0 saturated heterocycles. The van der Waals surface area contributed by atoms with E-state index in [-0.39, 0.29) is 12.1 Å². The zero-order valence-electron chi connectivity index (χ0n) is 10.5. The molecule has 1 aromatic rings. The Hall–Kier alpha value is -2.25. The Bertz CT molecular complexity index is 486. The lowest BCUT2D eigenvalue weighted by atomic mass is 10.2. The lowest BCUT2D eigenvalue weighted by Crippen LogP contribution is -2.42. The van der Waals surface area contributed by atoms with Crippen molar-refractivity contribution in [2.45, 2.75) is 25.6 Å². The van der Waals surface area contributed by atoms with Crippen molar-refractivity contribution in [3.05, 3.63) is 29.8 Å². The van der Waals surface area contributed by atoms with E-state index in [1.165, 1.54) is 0 Å². The largest absolute Gasteiger partial charge is 0.480 e. The third kappa shape index (κ3) is 4.45. The highest BCUT2D eigenvalue weighted by atomic mass is 19.4. The number of amides is 2. The molecule has 2 amide bonds. The quantitative estimate of drug-likeness (QED) is 0.797. The number of benzene rings is 1. The van der Waals surface area contributed by atoms with Crippen LogP contribution in [0.4, 0.5) is 23.7 Å².